The minimum absolute atomic E-state index is 0.00296. The van der Waals surface area contributed by atoms with E-state index in [1.807, 2.05) is 0 Å². The summed E-state index contributed by atoms with van der Waals surface area (Å²) in [4.78, 5) is 0. The quantitative estimate of drug-likeness (QED) is 0.453. The van der Waals surface area contributed by atoms with Gasteiger partial charge in [0.15, 0.2) is 5.79 Å². The molecule has 0 aromatic heterocycles. The third-order valence-electron chi connectivity index (χ3n) is 13.5. The lowest BCUT2D eigenvalue weighted by molar-refractivity contribution is -0.306. The second kappa shape index (κ2) is 7.23. The predicted octanol–water partition coefficient (Wildman–Crippen LogP) is 6.06. The molecule has 5 fully saturated rings. The Hall–Kier alpha value is -0.160. The number of ether oxygens (including phenoxy) is 1. The maximum atomic E-state index is 11.2. The van der Waals surface area contributed by atoms with Gasteiger partial charge in [-0.15, -0.1) is 0 Å². The highest BCUT2D eigenvalue weighted by atomic mass is 16.7. The van der Waals surface area contributed by atoms with Crippen molar-refractivity contribution in [2.24, 2.45) is 45.3 Å². The van der Waals surface area contributed by atoms with E-state index < -0.39 is 11.4 Å². The summed E-state index contributed by atoms with van der Waals surface area (Å²) < 4.78 is 6.47. The molecule has 0 amide bonds. The average molecular weight is 477 g/mol. The van der Waals surface area contributed by atoms with Crippen molar-refractivity contribution in [3.63, 3.8) is 0 Å². The van der Waals surface area contributed by atoms with Crippen LogP contribution in [0.3, 0.4) is 0 Å². The molecule has 0 spiro atoms. The summed E-state index contributed by atoms with van der Waals surface area (Å²) in [6, 6.07) is 0. The van der Waals surface area contributed by atoms with Crippen molar-refractivity contribution in [3.8, 4) is 0 Å². The molecule has 196 valence electrons. The van der Waals surface area contributed by atoms with Gasteiger partial charge >= 0.3 is 0 Å². The van der Waals surface area contributed by atoms with Crippen LogP contribution in [0.4, 0.5) is 0 Å². The second-order valence-corrected chi connectivity index (χ2v) is 15.4. The third-order valence-corrected chi connectivity index (χ3v) is 13.5. The molecular weight excluding hydrogens is 424 g/mol. The highest BCUT2D eigenvalue weighted by molar-refractivity contribution is 5.19. The second-order valence-electron chi connectivity index (χ2n) is 15.4. The molecular formula is C30H52O4. The lowest BCUT2D eigenvalue weighted by Gasteiger charge is -2.70. The lowest BCUT2D eigenvalue weighted by atomic mass is 9.35. The Kier molecular flexibility index (Phi) is 5.42. The van der Waals surface area contributed by atoms with Crippen LogP contribution >= 0.6 is 0 Å². The molecule has 5 rings (SSSR count). The monoisotopic (exact) mass is 476 g/mol. The van der Waals surface area contributed by atoms with Gasteiger partial charge in [-0.2, -0.15) is 0 Å². The number of rotatable bonds is 2. The summed E-state index contributed by atoms with van der Waals surface area (Å²) in [6.45, 7) is 18.0. The van der Waals surface area contributed by atoms with Crippen molar-refractivity contribution in [1.82, 2.24) is 0 Å². The topological polar surface area (TPSA) is 69.9 Å². The van der Waals surface area contributed by atoms with Gasteiger partial charge in [-0.3, -0.25) is 0 Å². The van der Waals surface area contributed by atoms with Gasteiger partial charge in [-0.1, -0.05) is 34.6 Å². The maximum Gasteiger partial charge on any atom is 0.194 e. The van der Waals surface area contributed by atoms with Crippen LogP contribution in [0.15, 0.2) is 0 Å². The Labute approximate surface area is 208 Å². The average Bonchev–Trinajstić information content (AvgIpc) is 3.24. The first-order valence-electron chi connectivity index (χ1n) is 14.3. The lowest BCUT2D eigenvalue weighted by Crippen LogP contribution is -2.64. The van der Waals surface area contributed by atoms with Gasteiger partial charge in [-0.05, 0) is 124 Å². The number of hydrogen-bond donors (Lipinski definition) is 3. The fourth-order valence-electron chi connectivity index (χ4n) is 11.1. The van der Waals surface area contributed by atoms with Crippen molar-refractivity contribution < 1.29 is 20.1 Å². The summed E-state index contributed by atoms with van der Waals surface area (Å²) in [5.41, 5.74) is -0.764. The van der Waals surface area contributed by atoms with Crippen LogP contribution in [-0.4, -0.2) is 38.4 Å². The van der Waals surface area contributed by atoms with Crippen molar-refractivity contribution in [1.29, 1.82) is 0 Å². The first-order valence-corrected chi connectivity index (χ1v) is 14.3. The molecule has 0 aromatic carbocycles. The van der Waals surface area contributed by atoms with E-state index in [9.17, 15) is 15.3 Å². The van der Waals surface area contributed by atoms with Gasteiger partial charge in [-0.25, -0.2) is 0 Å². The SMILES string of the molecule is CC1(C)[C@H](O)CC[C@@]2(C)[C@@H]1CC[C@]1(C)[C@@H]2CC[C@@H]2[C@@H]([C@]3(C)CC[C@@](O)(C(C)(C)O)O3)CC[C@]21C. The Bertz CT molecular complexity index is 832. The summed E-state index contributed by atoms with van der Waals surface area (Å²) in [5.74, 6) is 0.877. The molecule has 4 nitrogen and oxygen atoms in total. The van der Waals surface area contributed by atoms with E-state index in [4.69, 9.17) is 4.74 Å². The molecule has 0 bridgehead atoms. The molecule has 3 N–H and O–H groups in total. The van der Waals surface area contributed by atoms with Crippen molar-refractivity contribution in [2.75, 3.05) is 0 Å². The predicted molar refractivity (Wildman–Crippen MR) is 135 cm³/mol. The van der Waals surface area contributed by atoms with Gasteiger partial charge in [0.1, 0.15) is 5.60 Å². The molecule has 0 unspecified atom stereocenters. The van der Waals surface area contributed by atoms with Crippen LogP contribution < -0.4 is 0 Å². The van der Waals surface area contributed by atoms with Gasteiger partial charge in [0.25, 0.3) is 0 Å². The fourth-order valence-corrected chi connectivity index (χ4v) is 11.1. The van der Waals surface area contributed by atoms with Crippen LogP contribution in [0.2, 0.25) is 0 Å². The van der Waals surface area contributed by atoms with Gasteiger partial charge < -0.3 is 20.1 Å². The zero-order valence-electron chi connectivity index (χ0n) is 23.2. The van der Waals surface area contributed by atoms with Crippen LogP contribution in [0.5, 0.6) is 0 Å². The minimum Gasteiger partial charge on any atom is -0.393 e. The van der Waals surface area contributed by atoms with Crippen LogP contribution in [-0.2, 0) is 4.74 Å². The van der Waals surface area contributed by atoms with Crippen LogP contribution in [0, 0.1) is 45.3 Å². The van der Waals surface area contributed by atoms with E-state index in [0.717, 1.165) is 25.7 Å². The Morgan fingerprint density at radius 2 is 1.35 bits per heavy atom. The standard InChI is InChI=1S/C30H52O4/c1-24(2)21-12-16-28(7)22(26(21,5)14-13-23(24)31)10-9-19-20(11-15-27(19,28)6)29(8)17-18-30(33,34-29)25(3,4)32/h19-23,31-33H,9-18H2,1-8H3/t19-,20+,21-,22-,23-,26+,27-,28-,29+,30+/m1/s1. The summed E-state index contributed by atoms with van der Waals surface area (Å²) in [7, 11) is 0. The Morgan fingerprint density at radius 3 is 1.97 bits per heavy atom. The van der Waals surface area contributed by atoms with Gasteiger partial charge in [0.2, 0.25) is 0 Å². The van der Waals surface area contributed by atoms with Gasteiger partial charge in [0.05, 0.1) is 11.7 Å². The Balaban J connectivity index is 1.45. The molecule has 1 heterocycles. The third kappa shape index (κ3) is 3.04. The Morgan fingerprint density at radius 1 is 0.706 bits per heavy atom. The van der Waals surface area contributed by atoms with E-state index in [1.54, 1.807) is 13.8 Å². The molecule has 4 aliphatic carbocycles. The molecule has 34 heavy (non-hydrogen) atoms. The fraction of sp³-hybridized carbons (Fsp3) is 1.00. The molecule has 5 aliphatic rings. The first-order chi connectivity index (χ1) is 15.4. The summed E-state index contributed by atoms with van der Waals surface area (Å²) in [6.07, 6.45) is 10.7. The molecule has 4 heteroatoms. The van der Waals surface area contributed by atoms with E-state index in [0.29, 0.717) is 40.9 Å². The van der Waals surface area contributed by atoms with E-state index >= 15 is 0 Å². The number of hydrogen-bond acceptors (Lipinski definition) is 4. The van der Waals surface area contributed by atoms with Crippen molar-refractivity contribution >= 4 is 0 Å². The minimum atomic E-state index is -1.46. The number of aliphatic hydroxyl groups is 3. The van der Waals surface area contributed by atoms with E-state index in [-0.39, 0.29) is 22.5 Å². The first kappa shape index (κ1) is 25.5. The number of fused-ring (bicyclic) bond motifs is 5. The van der Waals surface area contributed by atoms with Gasteiger partial charge in [0, 0.05) is 6.42 Å². The van der Waals surface area contributed by atoms with Crippen molar-refractivity contribution in [3.05, 3.63) is 0 Å². The number of aliphatic hydroxyl groups excluding tert-OH is 1. The van der Waals surface area contributed by atoms with E-state index in [2.05, 4.69) is 41.5 Å². The maximum absolute atomic E-state index is 11.2. The van der Waals surface area contributed by atoms with Crippen LogP contribution in [0.1, 0.15) is 120 Å². The van der Waals surface area contributed by atoms with Crippen LogP contribution in [0.25, 0.3) is 0 Å². The highest BCUT2D eigenvalue weighted by Crippen LogP contribution is 2.76. The molecule has 4 saturated carbocycles. The largest absolute Gasteiger partial charge is 0.393 e. The molecule has 0 aromatic rings. The van der Waals surface area contributed by atoms with Crippen molar-refractivity contribution in [2.45, 2.75) is 143 Å². The zero-order chi connectivity index (χ0) is 25.2. The molecule has 10 atom stereocenters. The smallest absolute Gasteiger partial charge is 0.194 e. The highest BCUT2D eigenvalue weighted by Gasteiger charge is 2.70. The molecule has 1 aliphatic heterocycles. The van der Waals surface area contributed by atoms with E-state index in [1.165, 1.54) is 32.1 Å². The normalized spacial score (nSPS) is 57.1. The molecule has 0 radical (unpaired) electrons. The zero-order valence-corrected chi connectivity index (χ0v) is 23.2. The summed E-state index contributed by atoms with van der Waals surface area (Å²) >= 11 is 0. The molecule has 1 saturated heterocycles. The summed E-state index contributed by atoms with van der Waals surface area (Å²) in [5, 5.41) is 32.7.